The van der Waals surface area contributed by atoms with Gasteiger partial charge in [-0.3, -0.25) is 0 Å². The van der Waals surface area contributed by atoms with Crippen molar-refractivity contribution in [3.63, 3.8) is 0 Å². The largest absolute Gasteiger partial charge is 0.0999 e. The molecule has 0 spiro atoms. The zero-order valence-corrected chi connectivity index (χ0v) is 24.4. The molecule has 0 heterocycles. The van der Waals surface area contributed by atoms with Gasteiger partial charge >= 0.3 is 0 Å². The molecule has 0 amide bonds. The van der Waals surface area contributed by atoms with Gasteiger partial charge in [-0.25, -0.2) is 0 Å². The predicted octanol–water partition coefficient (Wildman–Crippen LogP) is 12.9. The Morgan fingerprint density at radius 1 is 0.412 bits per heavy atom. The van der Waals surface area contributed by atoms with Crippen LogP contribution in [0.1, 0.15) is 188 Å². The Balaban J connectivity index is 3.65. The van der Waals surface area contributed by atoms with Crippen LogP contribution < -0.4 is 0 Å². The molecule has 0 saturated heterocycles. The van der Waals surface area contributed by atoms with Crippen LogP contribution in [0.5, 0.6) is 0 Å². The van der Waals surface area contributed by atoms with Gasteiger partial charge in [0.2, 0.25) is 0 Å². The van der Waals surface area contributed by atoms with Crippen LogP contribution in [-0.2, 0) is 0 Å². The van der Waals surface area contributed by atoms with Gasteiger partial charge in [0.05, 0.1) is 0 Å². The Kier molecular flexibility index (Phi) is 26.7. The lowest BCUT2D eigenvalue weighted by Crippen LogP contribution is -2.05. The summed E-state index contributed by atoms with van der Waals surface area (Å²) in [4.78, 5) is 0. The highest BCUT2D eigenvalue weighted by atomic mass is 14.2. The molecule has 0 aliphatic heterocycles. The number of allylic oxidation sites excluding steroid dienone is 2. The van der Waals surface area contributed by atoms with Crippen molar-refractivity contribution >= 4 is 0 Å². The molecule has 0 aromatic carbocycles. The van der Waals surface area contributed by atoms with Gasteiger partial charge in [0, 0.05) is 0 Å². The van der Waals surface area contributed by atoms with Crippen LogP contribution in [0.15, 0.2) is 24.3 Å². The third kappa shape index (κ3) is 23.2. The van der Waals surface area contributed by atoms with E-state index in [2.05, 4.69) is 33.9 Å². The highest BCUT2D eigenvalue weighted by Gasteiger charge is 2.12. The molecule has 0 fully saturated rings. The lowest BCUT2D eigenvalue weighted by atomic mass is 9.86. The molecule has 0 atom stereocenters. The van der Waals surface area contributed by atoms with Crippen LogP contribution in [0.25, 0.3) is 0 Å². The Labute approximate surface area is 217 Å². The second-order valence-electron chi connectivity index (χ2n) is 11.3. The first kappa shape index (κ1) is 33.5. The van der Waals surface area contributed by atoms with Crippen LogP contribution in [0.2, 0.25) is 0 Å². The molecule has 0 rings (SSSR count). The summed E-state index contributed by atoms with van der Waals surface area (Å²) in [6, 6.07) is 0. The minimum atomic E-state index is 0.808. The zero-order valence-electron chi connectivity index (χ0n) is 24.4. The van der Waals surface area contributed by atoms with Gasteiger partial charge in [-0.15, -0.1) is 0 Å². The SMILES string of the molecule is C=C(CCCC)CCCCCCCCCCCCCC(=C)C(CCCCCC)CCCCCC. The van der Waals surface area contributed by atoms with Gasteiger partial charge in [0.15, 0.2) is 0 Å². The average Bonchev–Trinajstić information content (AvgIpc) is 2.84. The van der Waals surface area contributed by atoms with Crippen molar-refractivity contribution in [1.29, 1.82) is 0 Å². The molecule has 0 bridgehead atoms. The quantitative estimate of drug-likeness (QED) is 0.0781. The van der Waals surface area contributed by atoms with E-state index in [1.807, 2.05) is 0 Å². The minimum Gasteiger partial charge on any atom is -0.0999 e. The molecule has 0 N–H and O–H groups in total. The van der Waals surface area contributed by atoms with Crippen molar-refractivity contribution in [3.8, 4) is 0 Å². The highest BCUT2D eigenvalue weighted by Crippen LogP contribution is 2.28. The highest BCUT2D eigenvalue weighted by molar-refractivity contribution is 5.00. The third-order valence-corrected chi connectivity index (χ3v) is 7.80. The fourth-order valence-corrected chi connectivity index (χ4v) is 5.26. The molecule has 0 nitrogen and oxygen atoms in total. The number of hydrogen-bond donors (Lipinski definition) is 0. The lowest BCUT2D eigenvalue weighted by molar-refractivity contribution is 0.441. The molecule has 0 saturated carbocycles. The van der Waals surface area contributed by atoms with Gasteiger partial charge in [-0.1, -0.05) is 161 Å². The monoisotopic (exact) mass is 475 g/mol. The van der Waals surface area contributed by atoms with Crippen molar-refractivity contribution in [2.75, 3.05) is 0 Å². The summed E-state index contributed by atoms with van der Waals surface area (Å²) in [6.45, 7) is 15.7. The minimum absolute atomic E-state index is 0.808. The van der Waals surface area contributed by atoms with E-state index in [1.165, 1.54) is 173 Å². The molecule has 0 unspecified atom stereocenters. The van der Waals surface area contributed by atoms with Crippen molar-refractivity contribution in [3.05, 3.63) is 24.3 Å². The van der Waals surface area contributed by atoms with E-state index in [-0.39, 0.29) is 0 Å². The molecule has 0 aliphatic carbocycles. The van der Waals surface area contributed by atoms with Gasteiger partial charge in [-0.2, -0.15) is 0 Å². The lowest BCUT2D eigenvalue weighted by Gasteiger charge is -2.20. The second kappa shape index (κ2) is 27.1. The Morgan fingerprint density at radius 3 is 1.21 bits per heavy atom. The Bertz CT molecular complexity index is 419. The van der Waals surface area contributed by atoms with Gasteiger partial charge < -0.3 is 0 Å². The molecule has 0 aromatic heterocycles. The summed E-state index contributed by atoms with van der Waals surface area (Å²) >= 11 is 0. The topological polar surface area (TPSA) is 0 Å². The van der Waals surface area contributed by atoms with Crippen LogP contribution in [0.3, 0.4) is 0 Å². The van der Waals surface area contributed by atoms with Gasteiger partial charge in [0.25, 0.3) is 0 Å². The normalized spacial score (nSPS) is 11.4. The molecule has 0 aromatic rings. The van der Waals surface area contributed by atoms with Crippen LogP contribution in [-0.4, -0.2) is 0 Å². The molecular formula is C34H66. The van der Waals surface area contributed by atoms with Crippen molar-refractivity contribution < 1.29 is 0 Å². The fraction of sp³-hybridized carbons (Fsp3) is 0.882. The van der Waals surface area contributed by atoms with Crippen LogP contribution in [0, 0.1) is 5.92 Å². The smallest absolute Gasteiger partial charge is 0.0206 e. The Morgan fingerprint density at radius 2 is 0.765 bits per heavy atom. The van der Waals surface area contributed by atoms with Crippen LogP contribution in [0.4, 0.5) is 0 Å². The summed E-state index contributed by atoms with van der Waals surface area (Å²) in [5, 5.41) is 0. The molecular weight excluding hydrogens is 408 g/mol. The number of hydrogen-bond acceptors (Lipinski definition) is 0. The first-order chi connectivity index (χ1) is 16.7. The number of unbranched alkanes of at least 4 members (excludes halogenated alkanes) is 17. The predicted molar refractivity (Wildman–Crippen MR) is 159 cm³/mol. The third-order valence-electron chi connectivity index (χ3n) is 7.80. The molecule has 0 radical (unpaired) electrons. The van der Waals surface area contributed by atoms with E-state index < -0.39 is 0 Å². The van der Waals surface area contributed by atoms with Gasteiger partial charge in [0.1, 0.15) is 0 Å². The second-order valence-corrected chi connectivity index (χ2v) is 11.3. The zero-order chi connectivity index (χ0) is 25.1. The summed E-state index contributed by atoms with van der Waals surface area (Å²) in [7, 11) is 0. The summed E-state index contributed by atoms with van der Waals surface area (Å²) in [5.74, 6) is 0.808. The molecule has 0 heteroatoms. The van der Waals surface area contributed by atoms with E-state index in [4.69, 9.17) is 0 Å². The van der Waals surface area contributed by atoms with E-state index in [0.717, 1.165) is 5.92 Å². The maximum atomic E-state index is 4.56. The van der Waals surface area contributed by atoms with E-state index in [0.29, 0.717) is 0 Å². The van der Waals surface area contributed by atoms with Crippen molar-refractivity contribution in [2.45, 2.75) is 188 Å². The first-order valence-corrected chi connectivity index (χ1v) is 16.0. The fourth-order valence-electron chi connectivity index (χ4n) is 5.26. The van der Waals surface area contributed by atoms with Crippen molar-refractivity contribution in [2.24, 2.45) is 5.92 Å². The van der Waals surface area contributed by atoms with Crippen LogP contribution >= 0.6 is 0 Å². The van der Waals surface area contributed by atoms with E-state index in [9.17, 15) is 0 Å². The molecule has 34 heavy (non-hydrogen) atoms. The standard InChI is InChI=1S/C34H66/c1-6-9-12-25-30-34(31-26-13-10-7-2)33(5)29-24-22-20-18-16-14-15-17-19-21-23-28-32(4)27-11-8-3/h34H,4-31H2,1-3H3. The van der Waals surface area contributed by atoms with E-state index in [1.54, 1.807) is 5.57 Å². The summed E-state index contributed by atoms with van der Waals surface area (Å²) in [5.41, 5.74) is 3.07. The van der Waals surface area contributed by atoms with Gasteiger partial charge in [-0.05, 0) is 57.3 Å². The molecule has 202 valence electrons. The van der Waals surface area contributed by atoms with Crippen molar-refractivity contribution in [1.82, 2.24) is 0 Å². The summed E-state index contributed by atoms with van der Waals surface area (Å²) < 4.78 is 0. The average molecular weight is 475 g/mol. The Hall–Kier alpha value is -0.520. The first-order valence-electron chi connectivity index (χ1n) is 16.0. The van der Waals surface area contributed by atoms with E-state index >= 15 is 0 Å². The maximum Gasteiger partial charge on any atom is -0.0206 e. The number of rotatable bonds is 28. The maximum absolute atomic E-state index is 4.56. The summed E-state index contributed by atoms with van der Waals surface area (Å²) in [6.07, 6.45) is 36.1. The molecule has 0 aliphatic rings.